The van der Waals surface area contributed by atoms with E-state index in [0.29, 0.717) is 0 Å². The summed E-state index contributed by atoms with van der Waals surface area (Å²) in [5.74, 6) is 0. The molecular weight excluding hydrogens is 176 g/mol. The molecule has 2 aromatic rings. The Morgan fingerprint density at radius 2 is 2.00 bits per heavy atom. The topological polar surface area (TPSA) is 34.0 Å². The Kier molecular flexibility index (Phi) is 2.00. The van der Waals surface area contributed by atoms with E-state index in [0.717, 1.165) is 16.6 Å². The number of anilines is 1. The number of fused-ring (bicyclic) bond motifs is 1. The monoisotopic (exact) mass is 188 g/mol. The molecule has 0 saturated carbocycles. The van der Waals surface area contributed by atoms with E-state index >= 15 is 0 Å². The third-order valence-electron chi connectivity index (χ3n) is 2.41. The molecule has 0 aliphatic rings. The largest absolute Gasteiger partial charge is 0.386 e. The Morgan fingerprint density at radius 1 is 1.21 bits per heavy atom. The van der Waals surface area contributed by atoms with Gasteiger partial charge in [0, 0.05) is 25.5 Å². The van der Waals surface area contributed by atoms with E-state index in [4.69, 9.17) is 0 Å². The predicted octanol–water partition coefficient (Wildman–Crippen LogP) is 1.58. The summed E-state index contributed by atoms with van der Waals surface area (Å²) in [6, 6.07) is 9.36. The zero-order valence-corrected chi connectivity index (χ0v) is 8.24. The molecule has 1 aromatic carbocycles. The van der Waals surface area contributed by atoms with Crippen molar-refractivity contribution in [3.63, 3.8) is 0 Å². The highest BCUT2D eigenvalue weighted by Gasteiger charge is 2.02. The van der Waals surface area contributed by atoms with Crippen LogP contribution >= 0.6 is 0 Å². The summed E-state index contributed by atoms with van der Waals surface area (Å²) < 4.78 is 1.65. The molecule has 0 amide bonds. The Hall–Kier alpha value is -1.77. The zero-order valence-electron chi connectivity index (χ0n) is 8.24. The van der Waals surface area contributed by atoms with Crippen LogP contribution in [0, 0.1) is 0 Å². The van der Waals surface area contributed by atoms with E-state index < -0.39 is 0 Å². The van der Waals surface area contributed by atoms with Crippen molar-refractivity contribution in [2.45, 2.75) is 0 Å². The molecule has 3 nitrogen and oxygen atoms in total. The Balaban J connectivity index is 2.97. The molecule has 14 heavy (non-hydrogen) atoms. The lowest BCUT2D eigenvalue weighted by Gasteiger charge is -2.09. The predicted molar refractivity (Wildman–Crippen MR) is 58.7 cm³/mol. The van der Waals surface area contributed by atoms with Gasteiger partial charge in [0.25, 0.3) is 5.56 Å². The van der Waals surface area contributed by atoms with Crippen molar-refractivity contribution in [2.75, 3.05) is 12.4 Å². The molecule has 1 heterocycles. The molecule has 0 aliphatic carbocycles. The quantitative estimate of drug-likeness (QED) is 0.737. The van der Waals surface area contributed by atoms with Crippen LogP contribution in [0.1, 0.15) is 0 Å². The number of rotatable bonds is 1. The summed E-state index contributed by atoms with van der Waals surface area (Å²) in [5.41, 5.74) is 1.94. The number of aryl methyl sites for hydroxylation is 1. The maximum absolute atomic E-state index is 11.4. The van der Waals surface area contributed by atoms with Crippen molar-refractivity contribution in [2.24, 2.45) is 7.05 Å². The first-order valence-electron chi connectivity index (χ1n) is 4.50. The van der Waals surface area contributed by atoms with Gasteiger partial charge in [0.2, 0.25) is 0 Å². The fourth-order valence-corrected chi connectivity index (χ4v) is 1.65. The van der Waals surface area contributed by atoms with Crippen LogP contribution in [0.15, 0.2) is 35.1 Å². The van der Waals surface area contributed by atoms with Gasteiger partial charge in [-0.3, -0.25) is 4.79 Å². The average molecular weight is 188 g/mol. The second-order valence-corrected chi connectivity index (χ2v) is 3.22. The van der Waals surface area contributed by atoms with Gasteiger partial charge in [-0.05, 0) is 12.1 Å². The molecule has 0 spiro atoms. The number of nitrogens with one attached hydrogen (secondary N) is 1. The molecule has 3 heteroatoms. The first-order valence-corrected chi connectivity index (χ1v) is 4.50. The van der Waals surface area contributed by atoms with Gasteiger partial charge in [-0.25, -0.2) is 0 Å². The fourth-order valence-electron chi connectivity index (χ4n) is 1.65. The van der Waals surface area contributed by atoms with Crippen LogP contribution in [0.2, 0.25) is 0 Å². The van der Waals surface area contributed by atoms with E-state index in [2.05, 4.69) is 5.32 Å². The van der Waals surface area contributed by atoms with E-state index in [-0.39, 0.29) is 5.56 Å². The van der Waals surface area contributed by atoms with E-state index in [1.54, 1.807) is 17.7 Å². The summed E-state index contributed by atoms with van der Waals surface area (Å²) in [5, 5.41) is 4.15. The Labute approximate surface area is 82.0 Å². The lowest BCUT2D eigenvalue weighted by atomic mass is 10.2. The smallest absolute Gasteiger partial charge is 0.250 e. The molecule has 2 rings (SSSR count). The maximum atomic E-state index is 11.4. The van der Waals surface area contributed by atoms with Crippen molar-refractivity contribution in [1.82, 2.24) is 4.57 Å². The molecule has 0 aliphatic heterocycles. The summed E-state index contributed by atoms with van der Waals surface area (Å²) in [4.78, 5) is 11.4. The van der Waals surface area contributed by atoms with Gasteiger partial charge in [-0.2, -0.15) is 0 Å². The number of pyridine rings is 1. The maximum Gasteiger partial charge on any atom is 0.250 e. The minimum absolute atomic E-state index is 0.0141. The van der Waals surface area contributed by atoms with Crippen molar-refractivity contribution >= 4 is 16.6 Å². The molecule has 1 N–H and O–H groups in total. The van der Waals surface area contributed by atoms with Crippen LogP contribution in [0.3, 0.4) is 0 Å². The van der Waals surface area contributed by atoms with Crippen LogP contribution in [0.25, 0.3) is 10.9 Å². The minimum atomic E-state index is 0.0141. The van der Waals surface area contributed by atoms with Crippen LogP contribution in [-0.4, -0.2) is 11.6 Å². The Bertz CT molecular complexity index is 528. The van der Waals surface area contributed by atoms with Crippen LogP contribution < -0.4 is 10.9 Å². The lowest BCUT2D eigenvalue weighted by Crippen LogP contribution is -2.15. The number of para-hydroxylation sites is 1. The highest BCUT2D eigenvalue weighted by molar-refractivity contribution is 5.90. The van der Waals surface area contributed by atoms with Gasteiger partial charge in [0.1, 0.15) is 0 Å². The normalized spacial score (nSPS) is 10.4. The molecule has 0 bridgehead atoms. The van der Waals surface area contributed by atoms with E-state index in [9.17, 15) is 4.79 Å². The van der Waals surface area contributed by atoms with Crippen molar-refractivity contribution in [1.29, 1.82) is 0 Å². The number of benzene rings is 1. The minimum Gasteiger partial charge on any atom is -0.386 e. The second kappa shape index (κ2) is 3.18. The fraction of sp³-hybridized carbons (Fsp3) is 0.182. The van der Waals surface area contributed by atoms with Gasteiger partial charge >= 0.3 is 0 Å². The number of hydrogen-bond acceptors (Lipinski definition) is 2. The van der Waals surface area contributed by atoms with Gasteiger partial charge in [-0.15, -0.1) is 0 Å². The second-order valence-electron chi connectivity index (χ2n) is 3.22. The third-order valence-corrected chi connectivity index (χ3v) is 2.41. The van der Waals surface area contributed by atoms with Crippen molar-refractivity contribution < 1.29 is 0 Å². The lowest BCUT2D eigenvalue weighted by molar-refractivity contribution is 0.907. The number of nitrogens with zero attached hydrogens (tertiary/aromatic N) is 1. The first-order chi connectivity index (χ1) is 6.74. The highest BCUT2D eigenvalue weighted by Crippen LogP contribution is 2.20. The first kappa shape index (κ1) is 8.81. The molecule has 0 fully saturated rings. The van der Waals surface area contributed by atoms with Gasteiger partial charge < -0.3 is 9.88 Å². The van der Waals surface area contributed by atoms with Gasteiger partial charge in [0.05, 0.1) is 11.2 Å². The molecular formula is C11H12N2O. The van der Waals surface area contributed by atoms with Crippen molar-refractivity contribution in [3.05, 3.63) is 40.7 Å². The zero-order chi connectivity index (χ0) is 10.1. The third kappa shape index (κ3) is 1.18. The molecule has 0 unspecified atom stereocenters. The van der Waals surface area contributed by atoms with Crippen LogP contribution in [0.5, 0.6) is 0 Å². The summed E-state index contributed by atoms with van der Waals surface area (Å²) in [6.07, 6.45) is 0. The molecule has 0 atom stereocenters. The Morgan fingerprint density at radius 3 is 2.71 bits per heavy atom. The summed E-state index contributed by atoms with van der Waals surface area (Å²) >= 11 is 0. The van der Waals surface area contributed by atoms with Gasteiger partial charge in [-0.1, -0.05) is 12.1 Å². The summed E-state index contributed by atoms with van der Waals surface area (Å²) in [6.45, 7) is 0. The average Bonchev–Trinajstić information content (AvgIpc) is 2.23. The molecule has 0 radical (unpaired) electrons. The standard InChI is InChI=1S/C11H12N2O/c1-12-9-5-3-4-8-6-7-10(14)13(2)11(8)9/h3-7,12H,1-2H3. The molecule has 1 aromatic heterocycles. The van der Waals surface area contributed by atoms with Crippen molar-refractivity contribution in [3.8, 4) is 0 Å². The van der Waals surface area contributed by atoms with E-state index in [1.165, 1.54) is 0 Å². The van der Waals surface area contributed by atoms with Gasteiger partial charge in [0.15, 0.2) is 0 Å². The highest BCUT2D eigenvalue weighted by atomic mass is 16.1. The van der Waals surface area contributed by atoms with Crippen LogP contribution in [0.4, 0.5) is 5.69 Å². The molecule has 0 saturated heterocycles. The number of hydrogen-bond donors (Lipinski definition) is 1. The number of aromatic nitrogens is 1. The SMILES string of the molecule is CNc1cccc2ccc(=O)n(C)c12. The summed E-state index contributed by atoms with van der Waals surface area (Å²) in [7, 11) is 3.64. The van der Waals surface area contributed by atoms with Crippen LogP contribution in [-0.2, 0) is 7.05 Å². The van der Waals surface area contributed by atoms with E-state index in [1.807, 2.05) is 31.3 Å². The molecule has 72 valence electrons.